The van der Waals surface area contributed by atoms with E-state index in [0.29, 0.717) is 12.4 Å². The highest BCUT2D eigenvalue weighted by atomic mass is 16.7. The Labute approximate surface area is 204 Å². The molecule has 1 atom stereocenters. The van der Waals surface area contributed by atoms with Crippen molar-refractivity contribution in [2.75, 3.05) is 12.4 Å². The summed E-state index contributed by atoms with van der Waals surface area (Å²) in [6, 6.07) is 21.4. The average Bonchev–Trinajstić information content (AvgIpc) is 3.24. The third-order valence-electron chi connectivity index (χ3n) is 7.05. The number of hydrogen-bond donors (Lipinski definition) is 2. The van der Waals surface area contributed by atoms with Crippen LogP contribution in [0.25, 0.3) is 11.3 Å². The van der Waals surface area contributed by atoms with Gasteiger partial charge in [0.1, 0.15) is 11.6 Å². The van der Waals surface area contributed by atoms with E-state index in [1.54, 1.807) is 14.0 Å². The standard InChI is InChI=1S/C28H29N3O4/c1-27(26(33)35-27)29-18-19-8-10-20(11-9-19)23-6-5-7-24(30-23)31-25(32)28(16-3-4-17-28)21-12-14-22(34-2)15-13-21/h5-15,29H,3-4,16-18H2,1-2H3,(H,30,31,32). The number of rotatable bonds is 8. The van der Waals surface area contributed by atoms with E-state index < -0.39 is 11.1 Å². The second-order valence-electron chi connectivity index (χ2n) is 9.35. The number of nitrogens with zero attached hydrogens (tertiary/aromatic N) is 1. The number of cyclic esters (lactones) is 1. The first kappa shape index (κ1) is 23.1. The third kappa shape index (κ3) is 4.64. The summed E-state index contributed by atoms with van der Waals surface area (Å²) in [5.74, 6) is 1.07. The van der Waals surface area contributed by atoms with E-state index >= 15 is 0 Å². The number of pyridine rings is 1. The lowest BCUT2D eigenvalue weighted by atomic mass is 9.78. The number of ether oxygens (including phenoxy) is 2. The summed E-state index contributed by atoms with van der Waals surface area (Å²) in [5, 5.41) is 6.18. The molecule has 2 N–H and O–H groups in total. The summed E-state index contributed by atoms with van der Waals surface area (Å²) >= 11 is 0. The monoisotopic (exact) mass is 471 g/mol. The summed E-state index contributed by atoms with van der Waals surface area (Å²) in [7, 11) is 1.64. The molecule has 0 bridgehead atoms. The van der Waals surface area contributed by atoms with Gasteiger partial charge in [-0.25, -0.2) is 9.78 Å². The maximum atomic E-state index is 13.5. The molecular weight excluding hydrogens is 442 g/mol. The van der Waals surface area contributed by atoms with Crippen molar-refractivity contribution in [1.82, 2.24) is 10.3 Å². The minimum Gasteiger partial charge on any atom is -0.497 e. The molecule has 1 amide bonds. The Morgan fingerprint density at radius 2 is 1.71 bits per heavy atom. The summed E-state index contributed by atoms with van der Waals surface area (Å²) < 4.78 is 10.2. The first-order chi connectivity index (χ1) is 16.9. The Hall–Kier alpha value is -3.71. The summed E-state index contributed by atoms with van der Waals surface area (Å²) in [4.78, 5) is 29.5. The largest absolute Gasteiger partial charge is 0.497 e. The van der Waals surface area contributed by atoms with Crippen molar-refractivity contribution < 1.29 is 19.1 Å². The first-order valence-electron chi connectivity index (χ1n) is 11.9. The predicted molar refractivity (Wildman–Crippen MR) is 133 cm³/mol. The lowest BCUT2D eigenvalue weighted by molar-refractivity contribution is -0.121. The van der Waals surface area contributed by atoms with Gasteiger partial charge in [-0.15, -0.1) is 0 Å². The van der Waals surface area contributed by atoms with Crippen molar-refractivity contribution in [3.05, 3.63) is 77.9 Å². The maximum absolute atomic E-state index is 13.5. The van der Waals surface area contributed by atoms with Crippen LogP contribution in [0.15, 0.2) is 66.7 Å². The molecule has 0 spiro atoms. The van der Waals surface area contributed by atoms with Crippen LogP contribution in [0.5, 0.6) is 5.75 Å². The highest BCUT2D eigenvalue weighted by molar-refractivity contribution is 5.99. The van der Waals surface area contributed by atoms with Gasteiger partial charge in [-0.1, -0.05) is 55.3 Å². The van der Waals surface area contributed by atoms with Gasteiger partial charge in [0, 0.05) is 19.0 Å². The SMILES string of the molecule is COc1ccc(C2(C(=O)Nc3cccc(-c4ccc(CNC5(C)OC5=O)cc4)n3)CCCC2)cc1. The fourth-order valence-electron chi connectivity index (χ4n) is 4.77. The zero-order chi connectivity index (χ0) is 24.5. The molecule has 1 saturated heterocycles. The molecule has 1 aliphatic carbocycles. The second kappa shape index (κ2) is 9.15. The van der Waals surface area contributed by atoms with Crippen LogP contribution in [0, 0.1) is 0 Å². The van der Waals surface area contributed by atoms with Gasteiger partial charge in [-0.05, 0) is 48.2 Å². The van der Waals surface area contributed by atoms with Gasteiger partial charge in [0.05, 0.1) is 18.2 Å². The lowest BCUT2D eigenvalue weighted by Crippen LogP contribution is -2.38. The Bertz CT molecular complexity index is 1230. The fourth-order valence-corrected chi connectivity index (χ4v) is 4.77. The minimum absolute atomic E-state index is 0.0171. The van der Waals surface area contributed by atoms with Gasteiger partial charge in [0.2, 0.25) is 5.91 Å². The summed E-state index contributed by atoms with van der Waals surface area (Å²) in [6.07, 6.45) is 3.67. The summed E-state index contributed by atoms with van der Waals surface area (Å²) in [6.45, 7) is 2.25. The van der Waals surface area contributed by atoms with Crippen molar-refractivity contribution in [1.29, 1.82) is 0 Å². The molecule has 1 saturated carbocycles. The molecule has 7 nitrogen and oxygen atoms in total. The number of aromatic nitrogens is 1. The molecule has 7 heteroatoms. The molecule has 1 aromatic heterocycles. The van der Waals surface area contributed by atoms with Crippen molar-refractivity contribution in [3.8, 4) is 17.0 Å². The van der Waals surface area contributed by atoms with Crippen LogP contribution in [-0.2, 0) is 26.3 Å². The normalized spacial score (nSPS) is 20.2. The third-order valence-corrected chi connectivity index (χ3v) is 7.05. The Morgan fingerprint density at radius 3 is 2.34 bits per heavy atom. The molecule has 2 fully saturated rings. The number of hydrogen-bond acceptors (Lipinski definition) is 6. The van der Waals surface area contributed by atoms with Crippen LogP contribution < -0.4 is 15.4 Å². The van der Waals surface area contributed by atoms with Gasteiger partial charge >= 0.3 is 5.97 Å². The second-order valence-corrected chi connectivity index (χ2v) is 9.35. The molecule has 35 heavy (non-hydrogen) atoms. The number of amides is 1. The van der Waals surface area contributed by atoms with Crippen molar-refractivity contribution >= 4 is 17.7 Å². The number of anilines is 1. The van der Waals surface area contributed by atoms with E-state index in [4.69, 9.17) is 14.5 Å². The van der Waals surface area contributed by atoms with Gasteiger partial charge in [-0.3, -0.25) is 10.1 Å². The maximum Gasteiger partial charge on any atom is 0.368 e. The molecule has 2 aromatic carbocycles. The van der Waals surface area contributed by atoms with E-state index in [0.717, 1.165) is 53.8 Å². The van der Waals surface area contributed by atoms with Crippen LogP contribution in [0.1, 0.15) is 43.7 Å². The van der Waals surface area contributed by atoms with E-state index in [1.165, 1.54) is 0 Å². The zero-order valence-corrected chi connectivity index (χ0v) is 20.0. The molecule has 0 radical (unpaired) electrons. The number of carbonyl (C=O) groups is 2. The number of carbonyl (C=O) groups excluding carboxylic acids is 2. The van der Waals surface area contributed by atoms with Gasteiger partial charge in [0.15, 0.2) is 0 Å². The molecule has 3 aromatic rings. The zero-order valence-electron chi connectivity index (χ0n) is 20.0. The summed E-state index contributed by atoms with van der Waals surface area (Å²) in [5.41, 5.74) is 2.36. The molecular formula is C28H29N3O4. The molecule has 180 valence electrons. The van der Waals surface area contributed by atoms with Gasteiger partial charge in [0.25, 0.3) is 5.72 Å². The smallest absolute Gasteiger partial charge is 0.368 e. The first-order valence-corrected chi connectivity index (χ1v) is 11.9. The molecule has 1 unspecified atom stereocenters. The fraction of sp³-hybridized carbons (Fsp3) is 0.321. The van der Waals surface area contributed by atoms with Crippen molar-refractivity contribution in [3.63, 3.8) is 0 Å². The van der Waals surface area contributed by atoms with E-state index in [9.17, 15) is 9.59 Å². The quantitative estimate of drug-likeness (QED) is 0.468. The number of nitrogens with one attached hydrogen (secondary N) is 2. The number of epoxide rings is 1. The molecule has 2 heterocycles. The van der Waals surface area contributed by atoms with Crippen molar-refractivity contribution in [2.45, 2.75) is 50.3 Å². The van der Waals surface area contributed by atoms with Crippen LogP contribution in [-0.4, -0.2) is 29.7 Å². The predicted octanol–water partition coefficient (Wildman–Crippen LogP) is 4.57. The molecule has 2 aliphatic rings. The van der Waals surface area contributed by atoms with E-state index in [1.807, 2.05) is 66.7 Å². The Morgan fingerprint density at radius 1 is 1.03 bits per heavy atom. The van der Waals surface area contributed by atoms with Crippen molar-refractivity contribution in [2.24, 2.45) is 0 Å². The number of methoxy groups -OCH3 is 1. The highest BCUT2D eigenvalue weighted by Gasteiger charge is 2.53. The van der Waals surface area contributed by atoms with Gasteiger partial charge < -0.3 is 14.8 Å². The lowest BCUT2D eigenvalue weighted by Gasteiger charge is -2.28. The van der Waals surface area contributed by atoms with Crippen LogP contribution in [0.2, 0.25) is 0 Å². The van der Waals surface area contributed by atoms with Crippen LogP contribution in [0.4, 0.5) is 5.82 Å². The van der Waals surface area contributed by atoms with E-state index in [-0.39, 0.29) is 11.9 Å². The van der Waals surface area contributed by atoms with Crippen LogP contribution >= 0.6 is 0 Å². The number of benzene rings is 2. The average molecular weight is 472 g/mol. The topological polar surface area (TPSA) is 92.9 Å². The Kier molecular flexibility index (Phi) is 6.03. The van der Waals surface area contributed by atoms with E-state index in [2.05, 4.69) is 10.6 Å². The molecule has 1 aliphatic heterocycles. The van der Waals surface area contributed by atoms with Crippen LogP contribution in [0.3, 0.4) is 0 Å². The van der Waals surface area contributed by atoms with Gasteiger partial charge in [-0.2, -0.15) is 0 Å². The molecule has 5 rings (SSSR count). The minimum atomic E-state index is -0.852. The highest BCUT2D eigenvalue weighted by Crippen LogP contribution is 2.42. The Balaban J connectivity index is 1.30.